The molecule has 1 unspecified atom stereocenters. The average Bonchev–Trinajstić information content (AvgIpc) is 3.40. The van der Waals surface area contributed by atoms with E-state index in [1.54, 1.807) is 6.20 Å². The molecular formula is C19H19N5O2S. The molecule has 27 heavy (non-hydrogen) atoms. The molecule has 1 atom stereocenters. The van der Waals surface area contributed by atoms with Crippen LogP contribution in [-0.2, 0) is 0 Å². The van der Waals surface area contributed by atoms with E-state index in [1.165, 1.54) is 11.3 Å². The van der Waals surface area contributed by atoms with Crippen LogP contribution in [0, 0.1) is 5.41 Å². The van der Waals surface area contributed by atoms with Crippen molar-refractivity contribution in [2.75, 3.05) is 26.7 Å². The molecule has 2 aliphatic rings. The summed E-state index contributed by atoms with van der Waals surface area (Å²) in [4.78, 5) is 26.3. The van der Waals surface area contributed by atoms with Gasteiger partial charge in [-0.3, -0.25) is 14.7 Å². The van der Waals surface area contributed by atoms with Gasteiger partial charge in [0.1, 0.15) is 5.69 Å². The van der Waals surface area contributed by atoms with Crippen LogP contribution in [-0.4, -0.2) is 57.5 Å². The molecule has 0 aromatic carbocycles. The number of rotatable bonds is 3. The van der Waals surface area contributed by atoms with Gasteiger partial charge >= 0.3 is 0 Å². The minimum absolute atomic E-state index is 0.102. The largest absolute Gasteiger partial charge is 0.337 e. The van der Waals surface area contributed by atoms with E-state index in [-0.39, 0.29) is 17.4 Å². The van der Waals surface area contributed by atoms with Crippen molar-refractivity contribution in [2.45, 2.75) is 12.5 Å². The lowest BCUT2D eigenvalue weighted by Gasteiger charge is -2.47. The standard InChI is InChI=1S/C19H19N5O2S/c1-23-10-19(11-24(12-19)18(25)15-6-4-8-27-15)9-14(23)16-21-17(26-22-16)13-5-2-3-7-20-13/h2-8,14H,9-12H2,1H3. The van der Waals surface area contributed by atoms with Gasteiger partial charge in [-0.25, -0.2) is 0 Å². The summed E-state index contributed by atoms with van der Waals surface area (Å²) in [6.07, 6.45) is 2.64. The molecule has 2 aliphatic heterocycles. The van der Waals surface area contributed by atoms with E-state index < -0.39 is 0 Å². The zero-order chi connectivity index (χ0) is 18.4. The number of aromatic nitrogens is 3. The summed E-state index contributed by atoms with van der Waals surface area (Å²) in [5.74, 6) is 1.28. The summed E-state index contributed by atoms with van der Waals surface area (Å²) in [6, 6.07) is 9.52. The average molecular weight is 381 g/mol. The molecule has 1 spiro atoms. The molecule has 0 N–H and O–H groups in total. The second kappa shape index (κ2) is 6.24. The maximum absolute atomic E-state index is 12.5. The van der Waals surface area contributed by atoms with Gasteiger partial charge in [-0.15, -0.1) is 11.3 Å². The lowest BCUT2D eigenvalue weighted by Crippen LogP contribution is -2.59. The predicted molar refractivity (Wildman–Crippen MR) is 100 cm³/mol. The van der Waals surface area contributed by atoms with Gasteiger partial charge in [-0.1, -0.05) is 17.3 Å². The minimum atomic E-state index is 0.102. The van der Waals surface area contributed by atoms with Crippen LogP contribution in [0.3, 0.4) is 0 Å². The van der Waals surface area contributed by atoms with Gasteiger partial charge in [-0.2, -0.15) is 4.98 Å². The number of amides is 1. The Morgan fingerprint density at radius 1 is 1.26 bits per heavy atom. The van der Waals surface area contributed by atoms with Crippen molar-refractivity contribution < 1.29 is 9.32 Å². The fraction of sp³-hybridized carbons (Fsp3) is 0.368. The van der Waals surface area contributed by atoms with Crippen LogP contribution in [0.2, 0.25) is 0 Å². The van der Waals surface area contributed by atoms with Crippen molar-refractivity contribution >= 4 is 17.2 Å². The third-order valence-electron chi connectivity index (χ3n) is 5.44. The molecule has 2 saturated heterocycles. The summed E-state index contributed by atoms with van der Waals surface area (Å²) in [5, 5.41) is 6.14. The number of hydrogen-bond acceptors (Lipinski definition) is 7. The molecule has 138 valence electrons. The molecule has 0 saturated carbocycles. The zero-order valence-corrected chi connectivity index (χ0v) is 15.7. The molecule has 3 aromatic heterocycles. The summed E-state index contributed by atoms with van der Waals surface area (Å²) in [7, 11) is 2.08. The molecule has 0 bridgehead atoms. The summed E-state index contributed by atoms with van der Waals surface area (Å²) in [6.45, 7) is 2.50. The van der Waals surface area contributed by atoms with Gasteiger partial charge in [0.15, 0.2) is 5.82 Å². The highest BCUT2D eigenvalue weighted by molar-refractivity contribution is 7.12. The normalized spacial score (nSPS) is 21.5. The molecule has 2 fully saturated rings. The van der Waals surface area contributed by atoms with Gasteiger partial charge in [0.25, 0.3) is 11.8 Å². The van der Waals surface area contributed by atoms with E-state index in [0.717, 1.165) is 30.9 Å². The minimum Gasteiger partial charge on any atom is -0.337 e. The lowest BCUT2D eigenvalue weighted by molar-refractivity contribution is 0.0119. The quantitative estimate of drug-likeness (QED) is 0.694. The van der Waals surface area contributed by atoms with Crippen molar-refractivity contribution in [2.24, 2.45) is 5.41 Å². The first-order chi connectivity index (χ1) is 13.1. The Hall–Kier alpha value is -2.58. The molecule has 7 nitrogen and oxygen atoms in total. The Morgan fingerprint density at radius 3 is 2.89 bits per heavy atom. The highest BCUT2D eigenvalue weighted by Crippen LogP contribution is 2.47. The summed E-state index contributed by atoms with van der Waals surface area (Å²) >= 11 is 1.50. The second-order valence-corrected chi connectivity index (χ2v) is 8.39. The highest BCUT2D eigenvalue weighted by atomic mass is 32.1. The third kappa shape index (κ3) is 2.85. The molecule has 5 heterocycles. The first kappa shape index (κ1) is 16.6. The lowest BCUT2D eigenvalue weighted by atomic mass is 9.77. The number of nitrogens with zero attached hydrogens (tertiary/aromatic N) is 5. The van der Waals surface area contributed by atoms with E-state index in [9.17, 15) is 4.79 Å². The zero-order valence-electron chi connectivity index (χ0n) is 14.9. The van der Waals surface area contributed by atoms with Gasteiger partial charge in [0.05, 0.1) is 10.9 Å². The molecular weight excluding hydrogens is 362 g/mol. The Bertz CT molecular complexity index is 950. The first-order valence-electron chi connectivity index (χ1n) is 8.92. The van der Waals surface area contributed by atoms with Gasteiger partial charge in [0.2, 0.25) is 0 Å². The molecule has 0 radical (unpaired) electrons. The SMILES string of the molecule is CN1CC2(CC1c1noc(-c3ccccn3)n1)CN(C(=O)c1cccs1)C2. The highest BCUT2D eigenvalue weighted by Gasteiger charge is 2.53. The van der Waals surface area contributed by atoms with Crippen molar-refractivity contribution in [1.29, 1.82) is 0 Å². The maximum atomic E-state index is 12.5. The van der Waals surface area contributed by atoms with Crippen molar-refractivity contribution in [3.8, 4) is 11.6 Å². The van der Waals surface area contributed by atoms with E-state index in [0.29, 0.717) is 17.4 Å². The Labute approximate surface area is 160 Å². The van der Waals surface area contributed by atoms with E-state index in [4.69, 9.17) is 4.52 Å². The summed E-state index contributed by atoms with van der Waals surface area (Å²) in [5.41, 5.74) is 0.806. The van der Waals surface area contributed by atoms with Crippen LogP contribution < -0.4 is 0 Å². The van der Waals surface area contributed by atoms with E-state index in [2.05, 4.69) is 27.1 Å². The molecule has 8 heteroatoms. The number of thiophene rings is 1. The van der Waals surface area contributed by atoms with Crippen LogP contribution in [0.5, 0.6) is 0 Å². The fourth-order valence-electron chi connectivity index (χ4n) is 4.21. The Kier molecular flexibility index (Phi) is 3.84. The van der Waals surface area contributed by atoms with Crippen molar-refractivity contribution in [1.82, 2.24) is 24.9 Å². The Balaban J connectivity index is 1.29. The van der Waals surface area contributed by atoms with Crippen LogP contribution in [0.25, 0.3) is 11.6 Å². The van der Waals surface area contributed by atoms with Gasteiger partial charge < -0.3 is 9.42 Å². The first-order valence-corrected chi connectivity index (χ1v) is 9.80. The monoisotopic (exact) mass is 381 g/mol. The fourth-order valence-corrected chi connectivity index (χ4v) is 4.90. The molecule has 0 aliphatic carbocycles. The summed E-state index contributed by atoms with van der Waals surface area (Å²) < 4.78 is 5.43. The van der Waals surface area contributed by atoms with Gasteiger partial charge in [-0.05, 0) is 37.0 Å². The van der Waals surface area contributed by atoms with Crippen molar-refractivity contribution in [3.63, 3.8) is 0 Å². The number of pyridine rings is 1. The number of hydrogen-bond donors (Lipinski definition) is 0. The smallest absolute Gasteiger partial charge is 0.276 e. The molecule has 1 amide bonds. The van der Waals surface area contributed by atoms with E-state index in [1.807, 2.05) is 40.6 Å². The van der Waals surface area contributed by atoms with Crippen LogP contribution in [0.4, 0.5) is 0 Å². The van der Waals surface area contributed by atoms with Crippen LogP contribution in [0.15, 0.2) is 46.4 Å². The van der Waals surface area contributed by atoms with Crippen LogP contribution in [0.1, 0.15) is 28.0 Å². The van der Waals surface area contributed by atoms with Crippen molar-refractivity contribution in [3.05, 3.63) is 52.6 Å². The number of likely N-dealkylation sites (tertiary alicyclic amines) is 2. The number of carbonyl (C=O) groups excluding carboxylic acids is 1. The third-order valence-corrected chi connectivity index (χ3v) is 6.30. The van der Waals surface area contributed by atoms with Crippen LogP contribution >= 0.6 is 11.3 Å². The second-order valence-electron chi connectivity index (χ2n) is 7.45. The number of carbonyl (C=O) groups is 1. The molecule has 3 aromatic rings. The predicted octanol–water partition coefficient (Wildman–Crippen LogP) is 2.71. The maximum Gasteiger partial charge on any atom is 0.276 e. The molecule has 5 rings (SSSR count). The van der Waals surface area contributed by atoms with Gasteiger partial charge in [0, 0.05) is 31.2 Å². The Morgan fingerprint density at radius 2 is 2.15 bits per heavy atom. The van der Waals surface area contributed by atoms with E-state index >= 15 is 0 Å². The topological polar surface area (TPSA) is 75.4 Å².